The Labute approximate surface area is 222 Å². The summed E-state index contributed by atoms with van der Waals surface area (Å²) in [7, 11) is 0. The first-order valence-corrected chi connectivity index (χ1v) is 14.0. The van der Waals surface area contributed by atoms with Crippen LogP contribution >= 0.6 is 0 Å². The fraction of sp³-hybridized carbons (Fsp3) is 0.759. The molecule has 2 bridgehead atoms. The van der Waals surface area contributed by atoms with Crippen LogP contribution in [-0.4, -0.2) is 82.8 Å². The molecule has 0 saturated carbocycles. The molecule has 0 aromatic heterocycles. The van der Waals surface area contributed by atoms with Gasteiger partial charge in [0, 0.05) is 13.1 Å². The Morgan fingerprint density at radius 1 is 1.27 bits per heavy atom. The number of aliphatic hydroxyl groups is 1. The van der Waals surface area contributed by atoms with Gasteiger partial charge in [0.2, 0.25) is 11.8 Å². The van der Waals surface area contributed by atoms with Crippen molar-refractivity contribution in [3.05, 3.63) is 25.3 Å². The Morgan fingerprint density at radius 3 is 2.65 bits per heavy atom. The predicted molar refractivity (Wildman–Crippen MR) is 141 cm³/mol. The third-order valence-corrected chi connectivity index (χ3v) is 8.08. The van der Waals surface area contributed by atoms with Gasteiger partial charge in [-0.1, -0.05) is 39.3 Å². The van der Waals surface area contributed by atoms with Gasteiger partial charge in [0.15, 0.2) is 0 Å². The summed E-state index contributed by atoms with van der Waals surface area (Å²) in [6.45, 7) is 14.6. The summed E-state index contributed by atoms with van der Waals surface area (Å²) in [5, 5.41) is 10.4. The number of hydrogen-bond donors (Lipinski definition) is 1. The highest BCUT2D eigenvalue weighted by atomic mass is 16.6. The second-order valence-corrected chi connectivity index (χ2v) is 11.1. The summed E-state index contributed by atoms with van der Waals surface area (Å²) in [5.41, 5.74) is -1.08. The topological polar surface area (TPSA) is 96.4 Å². The molecular weight excluding hydrogens is 472 g/mol. The van der Waals surface area contributed by atoms with E-state index in [1.54, 1.807) is 15.9 Å². The molecule has 2 unspecified atom stereocenters. The maximum absolute atomic E-state index is 14.2. The summed E-state index contributed by atoms with van der Waals surface area (Å²) in [4.78, 5) is 44.9. The zero-order valence-electron chi connectivity index (χ0n) is 22.9. The summed E-state index contributed by atoms with van der Waals surface area (Å²) >= 11 is 0. The van der Waals surface area contributed by atoms with E-state index in [0.717, 1.165) is 32.1 Å². The second kappa shape index (κ2) is 13.1. The van der Waals surface area contributed by atoms with Gasteiger partial charge in [-0.15, -0.1) is 13.2 Å². The first-order chi connectivity index (χ1) is 17.8. The second-order valence-electron chi connectivity index (χ2n) is 11.1. The molecule has 8 nitrogen and oxygen atoms in total. The predicted octanol–water partition coefficient (Wildman–Crippen LogP) is 3.48. The van der Waals surface area contributed by atoms with Crippen LogP contribution in [0.3, 0.4) is 0 Å². The maximum Gasteiger partial charge on any atom is 0.312 e. The molecule has 0 radical (unpaired) electrons. The Hall–Kier alpha value is -2.19. The van der Waals surface area contributed by atoms with Gasteiger partial charge in [-0.2, -0.15) is 0 Å². The number of likely N-dealkylation sites (tertiary alicyclic amines) is 1. The maximum atomic E-state index is 14.2. The average molecular weight is 519 g/mol. The molecule has 3 saturated heterocycles. The van der Waals surface area contributed by atoms with Gasteiger partial charge in [0.05, 0.1) is 37.2 Å². The summed E-state index contributed by atoms with van der Waals surface area (Å²) in [5.74, 6) is -2.19. The molecule has 3 aliphatic rings. The van der Waals surface area contributed by atoms with Crippen molar-refractivity contribution in [3.8, 4) is 0 Å². The molecule has 2 amide bonds. The van der Waals surface area contributed by atoms with E-state index in [1.807, 2.05) is 19.9 Å². The largest absolute Gasteiger partial charge is 0.465 e. The van der Waals surface area contributed by atoms with Crippen LogP contribution in [0.25, 0.3) is 0 Å². The van der Waals surface area contributed by atoms with Gasteiger partial charge in [0.25, 0.3) is 0 Å². The van der Waals surface area contributed by atoms with E-state index in [-0.39, 0.29) is 30.9 Å². The van der Waals surface area contributed by atoms with Crippen LogP contribution in [0.4, 0.5) is 0 Å². The number of hydrogen-bond acceptors (Lipinski definition) is 6. The molecule has 208 valence electrons. The zero-order chi connectivity index (χ0) is 27.2. The first kappa shape index (κ1) is 29.4. The lowest BCUT2D eigenvalue weighted by Gasteiger charge is -2.39. The Morgan fingerprint density at radius 2 is 2.03 bits per heavy atom. The minimum absolute atomic E-state index is 0.189. The van der Waals surface area contributed by atoms with E-state index in [0.29, 0.717) is 32.4 Å². The van der Waals surface area contributed by atoms with Gasteiger partial charge in [0.1, 0.15) is 11.6 Å². The number of rotatable bonds is 16. The number of ether oxygens (including phenoxy) is 2. The fourth-order valence-electron chi connectivity index (χ4n) is 6.48. The van der Waals surface area contributed by atoms with Gasteiger partial charge in [-0.3, -0.25) is 14.4 Å². The van der Waals surface area contributed by atoms with E-state index in [4.69, 9.17) is 9.47 Å². The van der Waals surface area contributed by atoms with Crippen LogP contribution < -0.4 is 0 Å². The monoisotopic (exact) mass is 518 g/mol. The Balaban J connectivity index is 1.95. The average Bonchev–Trinajstić information content (AvgIpc) is 3.51. The first-order valence-electron chi connectivity index (χ1n) is 14.0. The van der Waals surface area contributed by atoms with Crippen molar-refractivity contribution >= 4 is 17.8 Å². The van der Waals surface area contributed by atoms with Crippen LogP contribution in [0, 0.1) is 17.8 Å². The van der Waals surface area contributed by atoms with E-state index >= 15 is 0 Å². The molecular formula is C29H46N2O6. The number of fused-ring (bicyclic) bond motifs is 1. The molecule has 1 spiro atoms. The van der Waals surface area contributed by atoms with Crippen molar-refractivity contribution in [1.82, 2.24) is 9.80 Å². The minimum atomic E-state index is -1.08. The molecule has 1 N–H and O–H groups in total. The van der Waals surface area contributed by atoms with Crippen LogP contribution in [0.5, 0.6) is 0 Å². The molecule has 0 aromatic carbocycles. The molecule has 3 aliphatic heterocycles. The van der Waals surface area contributed by atoms with Gasteiger partial charge in [-0.05, 0) is 50.9 Å². The molecule has 0 aliphatic carbocycles. The lowest BCUT2D eigenvalue weighted by atomic mass is 9.70. The summed E-state index contributed by atoms with van der Waals surface area (Å²) in [6, 6.07) is -1.41. The van der Waals surface area contributed by atoms with Crippen LogP contribution in [-0.2, 0) is 23.9 Å². The molecule has 3 heterocycles. The van der Waals surface area contributed by atoms with Gasteiger partial charge >= 0.3 is 5.97 Å². The van der Waals surface area contributed by atoms with E-state index in [2.05, 4.69) is 20.1 Å². The molecule has 6 atom stereocenters. The standard InChI is InChI=1S/C29H46N2O6/c1-6-9-11-12-17-36-28(35)23-22-13-14-29(37-22)24(23)26(33)31(21(19-32)18-20(4)5)25(29)27(34)30(15-8-3)16-10-7-2/h6,8,20-25,32H,1,3,7,9-19H2,2,4-5H3/t21-,22+,23-,24+,25?,29?/m1/s1. The number of carbonyl (C=O) groups is 3. The van der Waals surface area contributed by atoms with Gasteiger partial charge in [-0.25, -0.2) is 0 Å². The number of aliphatic hydroxyl groups excluding tert-OH is 1. The molecule has 0 aromatic rings. The quantitative estimate of drug-likeness (QED) is 0.191. The summed E-state index contributed by atoms with van der Waals surface area (Å²) in [6.07, 6.45) is 8.98. The number of nitrogens with zero attached hydrogens (tertiary/aromatic N) is 2. The lowest BCUT2D eigenvalue weighted by Crippen LogP contribution is -2.59. The van der Waals surface area contributed by atoms with Crippen molar-refractivity contribution in [1.29, 1.82) is 0 Å². The molecule has 3 rings (SSSR count). The fourth-order valence-corrected chi connectivity index (χ4v) is 6.48. The smallest absolute Gasteiger partial charge is 0.312 e. The van der Waals surface area contributed by atoms with Gasteiger partial charge < -0.3 is 24.4 Å². The third kappa shape index (κ3) is 5.80. The van der Waals surface area contributed by atoms with Crippen molar-refractivity contribution in [2.75, 3.05) is 26.3 Å². The van der Waals surface area contributed by atoms with Crippen LogP contribution in [0.15, 0.2) is 25.3 Å². The molecule has 3 fully saturated rings. The normalized spacial score (nSPS) is 28.9. The Kier molecular flexibility index (Phi) is 10.4. The SMILES string of the molecule is C=CCCCCOC(=O)[C@@H]1[C@@H]2CCC3(O2)C(C(=O)N(CC=C)CCCC)N([C@@H](CO)CC(C)C)C(=O)[C@H]13. The third-order valence-electron chi connectivity index (χ3n) is 8.08. The number of unbranched alkanes of at least 4 members (excludes halogenated alkanes) is 3. The van der Waals surface area contributed by atoms with Crippen molar-refractivity contribution in [2.24, 2.45) is 17.8 Å². The lowest BCUT2D eigenvalue weighted by molar-refractivity contribution is -0.157. The highest BCUT2D eigenvalue weighted by Gasteiger charge is 2.75. The van der Waals surface area contributed by atoms with E-state index < -0.39 is 41.6 Å². The highest BCUT2D eigenvalue weighted by molar-refractivity contribution is 5.98. The highest BCUT2D eigenvalue weighted by Crippen LogP contribution is 2.59. The minimum Gasteiger partial charge on any atom is -0.465 e. The van der Waals surface area contributed by atoms with E-state index in [9.17, 15) is 19.5 Å². The zero-order valence-corrected chi connectivity index (χ0v) is 22.9. The van der Waals surface area contributed by atoms with Crippen molar-refractivity contribution in [2.45, 2.75) is 95.9 Å². The Bertz CT molecular complexity index is 844. The summed E-state index contributed by atoms with van der Waals surface area (Å²) < 4.78 is 12.1. The molecule has 37 heavy (non-hydrogen) atoms. The van der Waals surface area contributed by atoms with Crippen molar-refractivity contribution < 1.29 is 29.0 Å². The molecule has 8 heteroatoms. The number of esters is 1. The number of allylic oxidation sites excluding steroid dienone is 1. The number of amides is 2. The van der Waals surface area contributed by atoms with Crippen molar-refractivity contribution in [3.63, 3.8) is 0 Å². The van der Waals surface area contributed by atoms with Crippen LogP contribution in [0.1, 0.15) is 72.1 Å². The van der Waals surface area contributed by atoms with Crippen LogP contribution in [0.2, 0.25) is 0 Å². The van der Waals surface area contributed by atoms with E-state index in [1.165, 1.54) is 0 Å². The number of carbonyl (C=O) groups excluding carboxylic acids is 3.